The summed E-state index contributed by atoms with van der Waals surface area (Å²) in [6, 6.07) is 12.4. The zero-order valence-electron chi connectivity index (χ0n) is 22.1. The number of carbonyl (C=O) groups excluding carboxylic acids is 1. The first-order chi connectivity index (χ1) is 18.4. The molecule has 1 aliphatic rings. The third kappa shape index (κ3) is 6.47. The lowest BCUT2D eigenvalue weighted by Crippen LogP contribution is -2.44. The van der Waals surface area contributed by atoms with E-state index >= 15 is 0 Å². The van der Waals surface area contributed by atoms with Crippen LogP contribution in [0.25, 0.3) is 5.69 Å². The van der Waals surface area contributed by atoms with Crippen LogP contribution in [0.5, 0.6) is 17.2 Å². The van der Waals surface area contributed by atoms with Gasteiger partial charge in [-0.2, -0.15) is 0 Å². The number of methoxy groups -OCH3 is 1. The van der Waals surface area contributed by atoms with Crippen molar-refractivity contribution in [2.45, 2.75) is 39.3 Å². The van der Waals surface area contributed by atoms with Crippen LogP contribution >= 0.6 is 0 Å². The van der Waals surface area contributed by atoms with Crippen LogP contribution in [0, 0.1) is 0 Å². The van der Waals surface area contributed by atoms with Crippen molar-refractivity contribution in [2.75, 3.05) is 33.4 Å². The number of nitrogens with one attached hydrogen (secondary N) is 1. The largest absolute Gasteiger partial charge is 0.497 e. The van der Waals surface area contributed by atoms with E-state index in [1.807, 2.05) is 42.9 Å². The number of hydrogen-bond donors (Lipinski definition) is 2. The van der Waals surface area contributed by atoms with Crippen LogP contribution in [0.15, 0.2) is 54.9 Å². The normalized spacial score (nSPS) is 14.2. The standard InChI is InChI=1S/C29H35N3O6/c1-4-37-25-14-20(15-26(38-5-2)27(25)32-10-6-7-11-32)19-31-12-8-23(9-13-31)30-28(33)21-16-22(29(34)35)18-24(17-21)36-3/h6-7,10-11,14-18,23H,4-5,8-9,12-13,19H2,1-3H3,(H,30,33)(H,34,35). The van der Waals surface area contributed by atoms with Crippen LogP contribution in [0.4, 0.5) is 0 Å². The molecule has 1 amide bonds. The van der Waals surface area contributed by atoms with Gasteiger partial charge in [0.2, 0.25) is 0 Å². The molecule has 9 heteroatoms. The summed E-state index contributed by atoms with van der Waals surface area (Å²) in [4.78, 5) is 26.6. The maximum absolute atomic E-state index is 12.9. The molecule has 0 aliphatic carbocycles. The highest BCUT2D eigenvalue weighted by Crippen LogP contribution is 2.35. The van der Waals surface area contributed by atoms with Crippen LogP contribution in [-0.2, 0) is 6.54 Å². The lowest BCUT2D eigenvalue weighted by molar-refractivity contribution is 0.0696. The van der Waals surface area contributed by atoms with Gasteiger partial charge in [-0.15, -0.1) is 0 Å². The third-order valence-corrected chi connectivity index (χ3v) is 6.54. The number of hydrogen-bond acceptors (Lipinski definition) is 6. The van der Waals surface area contributed by atoms with E-state index in [1.54, 1.807) is 6.07 Å². The average molecular weight is 522 g/mol. The molecule has 1 fully saturated rings. The van der Waals surface area contributed by atoms with E-state index in [2.05, 4.69) is 22.3 Å². The van der Waals surface area contributed by atoms with Crippen molar-refractivity contribution < 1.29 is 28.9 Å². The Labute approximate surface area is 222 Å². The van der Waals surface area contributed by atoms with Crippen LogP contribution in [0.3, 0.4) is 0 Å². The molecule has 0 spiro atoms. The van der Waals surface area contributed by atoms with Gasteiger partial charge >= 0.3 is 5.97 Å². The highest BCUT2D eigenvalue weighted by molar-refractivity contribution is 5.98. The fourth-order valence-corrected chi connectivity index (χ4v) is 4.73. The Balaban J connectivity index is 1.41. The molecule has 0 saturated carbocycles. The van der Waals surface area contributed by atoms with Crippen LogP contribution in [-0.4, -0.2) is 65.9 Å². The molecule has 4 rings (SSSR count). The van der Waals surface area contributed by atoms with Crippen molar-refractivity contribution >= 4 is 11.9 Å². The molecular formula is C29H35N3O6. The van der Waals surface area contributed by atoms with Crippen LogP contribution < -0.4 is 19.5 Å². The molecule has 1 aromatic heterocycles. The highest BCUT2D eigenvalue weighted by atomic mass is 16.5. The number of piperidine rings is 1. The number of likely N-dealkylation sites (tertiary alicyclic amines) is 1. The summed E-state index contributed by atoms with van der Waals surface area (Å²) in [6.45, 7) is 7.42. The summed E-state index contributed by atoms with van der Waals surface area (Å²) in [5.74, 6) is 0.503. The number of carboxylic acids is 1. The van der Waals surface area contributed by atoms with E-state index in [-0.39, 0.29) is 23.1 Å². The molecule has 0 atom stereocenters. The number of aromatic carboxylic acids is 1. The Morgan fingerprint density at radius 3 is 2.11 bits per heavy atom. The molecule has 2 aromatic carbocycles. The maximum Gasteiger partial charge on any atom is 0.335 e. The molecular weight excluding hydrogens is 486 g/mol. The molecule has 2 heterocycles. The van der Waals surface area contributed by atoms with Crippen molar-refractivity contribution in [3.05, 3.63) is 71.5 Å². The number of carbonyl (C=O) groups is 2. The number of aromatic nitrogens is 1. The minimum absolute atomic E-state index is 0.00678. The zero-order chi connectivity index (χ0) is 27.1. The van der Waals surface area contributed by atoms with Gasteiger partial charge in [0.25, 0.3) is 5.91 Å². The second-order valence-electron chi connectivity index (χ2n) is 9.18. The Bertz CT molecular complexity index is 1220. The van der Waals surface area contributed by atoms with E-state index < -0.39 is 5.97 Å². The van der Waals surface area contributed by atoms with Crippen LogP contribution in [0.2, 0.25) is 0 Å². The first kappa shape index (κ1) is 27.1. The molecule has 0 radical (unpaired) electrons. The van der Waals surface area contributed by atoms with Crippen molar-refractivity contribution in [3.8, 4) is 22.9 Å². The summed E-state index contributed by atoms with van der Waals surface area (Å²) in [5, 5.41) is 12.4. The first-order valence-corrected chi connectivity index (χ1v) is 12.9. The quantitative estimate of drug-likeness (QED) is 0.386. The van der Waals surface area contributed by atoms with Gasteiger partial charge in [-0.3, -0.25) is 9.69 Å². The first-order valence-electron chi connectivity index (χ1n) is 12.9. The van der Waals surface area contributed by atoms with Gasteiger partial charge in [0.15, 0.2) is 0 Å². The summed E-state index contributed by atoms with van der Waals surface area (Å²) in [5.41, 5.74) is 2.30. The second-order valence-corrected chi connectivity index (χ2v) is 9.18. The Hall–Kier alpha value is -3.98. The van der Waals surface area contributed by atoms with Gasteiger partial charge in [0.05, 0.1) is 25.9 Å². The fourth-order valence-electron chi connectivity index (χ4n) is 4.73. The number of nitrogens with zero attached hydrogens (tertiary/aromatic N) is 2. The van der Waals surface area contributed by atoms with Crippen molar-refractivity contribution in [1.29, 1.82) is 0 Å². The van der Waals surface area contributed by atoms with Crippen molar-refractivity contribution in [1.82, 2.24) is 14.8 Å². The number of rotatable bonds is 11. The lowest BCUT2D eigenvalue weighted by Gasteiger charge is -2.32. The maximum atomic E-state index is 12.9. The monoisotopic (exact) mass is 521 g/mol. The van der Waals surface area contributed by atoms with Gasteiger partial charge < -0.3 is 29.2 Å². The van der Waals surface area contributed by atoms with Crippen molar-refractivity contribution in [3.63, 3.8) is 0 Å². The molecule has 1 saturated heterocycles. The van der Waals surface area contributed by atoms with Gasteiger partial charge in [0, 0.05) is 43.6 Å². The van der Waals surface area contributed by atoms with E-state index in [1.165, 1.54) is 19.2 Å². The summed E-state index contributed by atoms with van der Waals surface area (Å²) in [6.07, 6.45) is 5.54. The van der Waals surface area contributed by atoms with E-state index in [9.17, 15) is 14.7 Å². The lowest BCUT2D eigenvalue weighted by atomic mass is 10.0. The summed E-state index contributed by atoms with van der Waals surface area (Å²) in [7, 11) is 1.45. The van der Waals surface area contributed by atoms with Gasteiger partial charge in [-0.05, 0) is 74.7 Å². The summed E-state index contributed by atoms with van der Waals surface area (Å²) >= 11 is 0. The molecule has 2 N–H and O–H groups in total. The molecule has 3 aromatic rings. The molecule has 0 bridgehead atoms. The second kappa shape index (κ2) is 12.5. The molecule has 38 heavy (non-hydrogen) atoms. The fraction of sp³-hybridized carbons (Fsp3) is 0.379. The predicted molar refractivity (Wildman–Crippen MR) is 144 cm³/mol. The zero-order valence-corrected chi connectivity index (χ0v) is 22.1. The van der Waals surface area contributed by atoms with Crippen molar-refractivity contribution in [2.24, 2.45) is 0 Å². The van der Waals surface area contributed by atoms with Gasteiger partial charge in [0.1, 0.15) is 22.9 Å². The minimum Gasteiger partial charge on any atom is -0.497 e. The highest BCUT2D eigenvalue weighted by Gasteiger charge is 2.23. The van der Waals surface area contributed by atoms with E-state index in [0.29, 0.717) is 19.0 Å². The number of amides is 1. The Morgan fingerprint density at radius 2 is 1.55 bits per heavy atom. The van der Waals surface area contributed by atoms with Gasteiger partial charge in [-0.25, -0.2) is 4.79 Å². The number of ether oxygens (including phenoxy) is 3. The minimum atomic E-state index is -1.10. The molecule has 9 nitrogen and oxygen atoms in total. The number of carboxylic acid groups (broad SMARTS) is 1. The van der Waals surface area contributed by atoms with E-state index in [0.717, 1.165) is 55.2 Å². The SMILES string of the molecule is CCOc1cc(CN2CCC(NC(=O)c3cc(OC)cc(C(=O)O)c3)CC2)cc(OCC)c1-n1cccc1. The third-order valence-electron chi connectivity index (χ3n) is 6.54. The predicted octanol–water partition coefficient (Wildman–Crippen LogP) is 4.38. The smallest absolute Gasteiger partial charge is 0.335 e. The molecule has 202 valence electrons. The Morgan fingerprint density at radius 1 is 0.947 bits per heavy atom. The Kier molecular flexibility index (Phi) is 8.91. The van der Waals surface area contributed by atoms with Crippen LogP contribution in [0.1, 0.15) is 53.0 Å². The number of benzene rings is 2. The van der Waals surface area contributed by atoms with E-state index in [4.69, 9.17) is 14.2 Å². The summed E-state index contributed by atoms with van der Waals surface area (Å²) < 4.78 is 19.2. The topological polar surface area (TPSA) is 102 Å². The molecule has 1 aliphatic heterocycles. The van der Waals surface area contributed by atoms with Gasteiger partial charge in [-0.1, -0.05) is 0 Å². The molecule has 0 unspecified atom stereocenters. The average Bonchev–Trinajstić information content (AvgIpc) is 3.44.